The first-order valence-corrected chi connectivity index (χ1v) is 11.6. The summed E-state index contributed by atoms with van der Waals surface area (Å²) in [5, 5.41) is 12.0. The van der Waals surface area contributed by atoms with Crippen molar-refractivity contribution in [2.45, 2.75) is 134 Å². The summed E-state index contributed by atoms with van der Waals surface area (Å²) in [7, 11) is 0. The van der Waals surface area contributed by atoms with E-state index in [2.05, 4.69) is 55.4 Å². The molecular weight excluding hydrogens is 408 g/mol. The molecule has 0 amide bonds. The molecule has 0 aliphatic heterocycles. The molecule has 0 heterocycles. The minimum Gasteiger partial charge on any atom is -0.460 e. The molecule has 0 radical (unpaired) electrons. The quantitative estimate of drug-likeness (QED) is 0.240. The van der Waals surface area contributed by atoms with E-state index in [1.54, 1.807) is 0 Å². The van der Waals surface area contributed by atoms with Crippen LogP contribution in [0.4, 0.5) is 0 Å². The molecule has 2 unspecified atom stereocenters. The molecule has 0 spiro atoms. The zero-order chi connectivity index (χ0) is 26.6. The van der Waals surface area contributed by atoms with Gasteiger partial charge in [0.2, 0.25) is 0 Å². The van der Waals surface area contributed by atoms with E-state index in [0.29, 0.717) is 24.7 Å². The minimum absolute atomic E-state index is 0.0840. The van der Waals surface area contributed by atoms with Crippen LogP contribution in [0.15, 0.2) is 0 Å². The Morgan fingerprint density at radius 2 is 0.812 bits per heavy atom. The fourth-order valence-electron chi connectivity index (χ4n) is 3.57. The van der Waals surface area contributed by atoms with Gasteiger partial charge in [-0.05, 0) is 77.0 Å². The standard InChI is InChI=1S/2C13H26O2.H2O2/c2*1-10(9-12(2,3)4)8-11(14)15-13(5,6)7;1-2/h2*10H,8-9H2,1-7H3;1-2H. The van der Waals surface area contributed by atoms with Gasteiger partial charge in [-0.25, -0.2) is 0 Å². The molecule has 6 nitrogen and oxygen atoms in total. The van der Waals surface area contributed by atoms with Crippen LogP contribution in [0.5, 0.6) is 0 Å². The molecular formula is C26H54O6. The highest BCUT2D eigenvalue weighted by atomic mass is 17.0. The third-order valence-electron chi connectivity index (χ3n) is 3.79. The van der Waals surface area contributed by atoms with E-state index in [0.717, 1.165) is 12.8 Å². The van der Waals surface area contributed by atoms with Gasteiger partial charge < -0.3 is 9.47 Å². The largest absolute Gasteiger partial charge is 0.460 e. The minimum atomic E-state index is -0.363. The van der Waals surface area contributed by atoms with Gasteiger partial charge in [0.05, 0.1) is 0 Å². The van der Waals surface area contributed by atoms with Gasteiger partial charge in [-0.3, -0.25) is 20.1 Å². The van der Waals surface area contributed by atoms with Gasteiger partial charge in [-0.2, -0.15) is 0 Å². The second kappa shape index (κ2) is 14.9. The lowest BCUT2D eigenvalue weighted by Crippen LogP contribution is -2.25. The zero-order valence-electron chi connectivity index (χ0n) is 23.5. The Bertz CT molecular complexity index is 464. The van der Waals surface area contributed by atoms with Gasteiger partial charge in [0, 0.05) is 12.8 Å². The number of ether oxygens (including phenoxy) is 2. The molecule has 2 N–H and O–H groups in total. The summed E-state index contributed by atoms with van der Waals surface area (Å²) in [5.41, 5.74) is -0.167. The molecule has 0 aromatic heterocycles. The topological polar surface area (TPSA) is 93.1 Å². The molecule has 0 rings (SSSR count). The molecule has 6 heteroatoms. The van der Waals surface area contributed by atoms with E-state index < -0.39 is 0 Å². The molecule has 0 aliphatic carbocycles. The summed E-state index contributed by atoms with van der Waals surface area (Å²) < 4.78 is 10.6. The Morgan fingerprint density at radius 3 is 0.969 bits per heavy atom. The van der Waals surface area contributed by atoms with E-state index in [1.165, 1.54) is 0 Å². The van der Waals surface area contributed by atoms with Crippen LogP contribution in [0.3, 0.4) is 0 Å². The lowest BCUT2D eigenvalue weighted by molar-refractivity contribution is -0.176. The van der Waals surface area contributed by atoms with E-state index in [-0.39, 0.29) is 34.0 Å². The Morgan fingerprint density at radius 1 is 0.594 bits per heavy atom. The van der Waals surface area contributed by atoms with Crippen molar-refractivity contribution in [1.82, 2.24) is 0 Å². The van der Waals surface area contributed by atoms with Crippen LogP contribution >= 0.6 is 0 Å². The van der Waals surface area contributed by atoms with Gasteiger partial charge in [0.15, 0.2) is 0 Å². The lowest BCUT2D eigenvalue weighted by Gasteiger charge is -2.24. The fourth-order valence-corrected chi connectivity index (χ4v) is 3.57. The summed E-state index contributed by atoms with van der Waals surface area (Å²) in [6.07, 6.45) is 3.14. The first-order chi connectivity index (χ1) is 14.0. The Kier molecular flexibility index (Phi) is 16.5. The maximum absolute atomic E-state index is 11.5. The highest BCUT2D eigenvalue weighted by Gasteiger charge is 2.22. The maximum Gasteiger partial charge on any atom is 0.306 e. The molecule has 0 bridgehead atoms. The number of hydrogen-bond donors (Lipinski definition) is 2. The number of carbonyl (C=O) groups is 2. The average molecular weight is 463 g/mol. The molecule has 0 aliphatic rings. The summed E-state index contributed by atoms with van der Waals surface area (Å²) in [5.74, 6) is 0.609. The van der Waals surface area contributed by atoms with Crippen molar-refractivity contribution in [3.8, 4) is 0 Å². The molecule has 0 fully saturated rings. The van der Waals surface area contributed by atoms with Crippen molar-refractivity contribution in [3.63, 3.8) is 0 Å². The van der Waals surface area contributed by atoms with Crippen LogP contribution in [-0.4, -0.2) is 33.7 Å². The van der Waals surface area contributed by atoms with Gasteiger partial charge in [-0.15, -0.1) is 0 Å². The number of rotatable bonds is 6. The van der Waals surface area contributed by atoms with Crippen molar-refractivity contribution >= 4 is 11.9 Å². The first-order valence-electron chi connectivity index (χ1n) is 11.6. The molecule has 32 heavy (non-hydrogen) atoms. The SMILES string of the molecule is CC(CC(=O)OC(C)(C)C)CC(C)(C)C.CC(CC(=O)OC(C)(C)C)CC(C)(C)C.OO. The number of hydrogen-bond acceptors (Lipinski definition) is 6. The average Bonchev–Trinajstić information content (AvgIpc) is 2.40. The third kappa shape index (κ3) is 31.0. The molecule has 0 saturated heterocycles. The van der Waals surface area contributed by atoms with Crippen LogP contribution in [0.2, 0.25) is 0 Å². The highest BCUT2D eigenvalue weighted by molar-refractivity contribution is 5.70. The van der Waals surface area contributed by atoms with Crippen molar-refractivity contribution in [2.24, 2.45) is 22.7 Å². The molecule has 0 aromatic carbocycles. The Balaban J connectivity index is -0.000000487. The van der Waals surface area contributed by atoms with Crippen LogP contribution in [-0.2, 0) is 19.1 Å². The number of esters is 2. The molecule has 2 atom stereocenters. The maximum atomic E-state index is 11.5. The lowest BCUT2D eigenvalue weighted by atomic mass is 9.84. The van der Waals surface area contributed by atoms with Gasteiger partial charge in [0.1, 0.15) is 11.2 Å². The smallest absolute Gasteiger partial charge is 0.306 e. The number of carbonyl (C=O) groups excluding carboxylic acids is 2. The summed E-state index contributed by atoms with van der Waals surface area (Å²) in [6, 6.07) is 0. The normalized spacial score (nSPS) is 14.1. The van der Waals surface area contributed by atoms with Gasteiger partial charge in [0.25, 0.3) is 0 Å². The monoisotopic (exact) mass is 462 g/mol. The van der Waals surface area contributed by atoms with E-state index in [9.17, 15) is 9.59 Å². The molecule has 194 valence electrons. The van der Waals surface area contributed by atoms with Crippen LogP contribution in [0.1, 0.15) is 123 Å². The van der Waals surface area contributed by atoms with Crippen molar-refractivity contribution in [1.29, 1.82) is 0 Å². The Hall–Kier alpha value is -1.14. The van der Waals surface area contributed by atoms with Crippen LogP contribution in [0, 0.1) is 22.7 Å². The molecule has 0 saturated carbocycles. The second-order valence-electron chi connectivity index (χ2n) is 13.3. The van der Waals surface area contributed by atoms with E-state index in [1.807, 2.05) is 41.5 Å². The first kappa shape index (κ1) is 35.4. The van der Waals surface area contributed by atoms with Crippen molar-refractivity contribution < 1.29 is 29.6 Å². The van der Waals surface area contributed by atoms with Crippen LogP contribution in [0.25, 0.3) is 0 Å². The summed E-state index contributed by atoms with van der Waals surface area (Å²) in [4.78, 5) is 23.1. The van der Waals surface area contributed by atoms with Crippen molar-refractivity contribution in [3.05, 3.63) is 0 Å². The third-order valence-corrected chi connectivity index (χ3v) is 3.79. The fraction of sp³-hybridized carbons (Fsp3) is 0.923. The Labute approximate surface area is 198 Å². The summed E-state index contributed by atoms with van der Waals surface area (Å²) >= 11 is 0. The molecule has 0 aromatic rings. The van der Waals surface area contributed by atoms with Crippen molar-refractivity contribution in [2.75, 3.05) is 0 Å². The highest BCUT2D eigenvalue weighted by Crippen LogP contribution is 2.27. The zero-order valence-corrected chi connectivity index (χ0v) is 23.5. The van der Waals surface area contributed by atoms with Crippen LogP contribution < -0.4 is 0 Å². The van der Waals surface area contributed by atoms with E-state index in [4.69, 9.17) is 20.0 Å². The van der Waals surface area contributed by atoms with E-state index >= 15 is 0 Å². The predicted molar refractivity (Wildman–Crippen MR) is 133 cm³/mol. The van der Waals surface area contributed by atoms with Gasteiger partial charge in [-0.1, -0.05) is 55.4 Å². The van der Waals surface area contributed by atoms with Gasteiger partial charge >= 0.3 is 11.9 Å². The summed E-state index contributed by atoms with van der Waals surface area (Å²) in [6.45, 7) is 28.8. The second-order valence-corrected chi connectivity index (χ2v) is 13.3. The predicted octanol–water partition coefficient (Wildman–Crippen LogP) is 7.60.